The summed E-state index contributed by atoms with van der Waals surface area (Å²) in [4.78, 5) is 25.1. The van der Waals surface area contributed by atoms with E-state index >= 15 is 0 Å². The molecular weight excluding hydrogens is 390 g/mol. The summed E-state index contributed by atoms with van der Waals surface area (Å²) in [6, 6.07) is 8.35. The zero-order valence-corrected chi connectivity index (χ0v) is 14.8. The molecule has 0 bridgehead atoms. The number of ether oxygens (including phenoxy) is 2. The number of benzene rings is 2. The summed E-state index contributed by atoms with van der Waals surface area (Å²) in [6.45, 7) is 1.96. The molecule has 0 saturated heterocycles. The van der Waals surface area contributed by atoms with E-state index < -0.39 is 11.5 Å². The standard InChI is InChI=1S/C18H14BrNO5/c1-9-2-4-11-15(16(9)19)18(23,17(22)20-11)7-12(21)10-3-5-13-14(6-10)25-8-24-13/h2-6,23H,7-8H2,1H3,(H,20,22)/t18-/m1/s1. The number of rotatable bonds is 3. The minimum Gasteiger partial charge on any atom is -0.454 e. The summed E-state index contributed by atoms with van der Waals surface area (Å²) in [7, 11) is 0. The molecule has 1 atom stereocenters. The highest BCUT2D eigenvalue weighted by molar-refractivity contribution is 9.10. The summed E-state index contributed by atoms with van der Waals surface area (Å²) in [5, 5.41) is 13.7. The predicted molar refractivity (Wildman–Crippen MR) is 92.9 cm³/mol. The highest BCUT2D eigenvalue weighted by Gasteiger charge is 2.48. The first-order chi connectivity index (χ1) is 11.9. The van der Waals surface area contributed by atoms with Crippen LogP contribution in [0.15, 0.2) is 34.8 Å². The summed E-state index contributed by atoms with van der Waals surface area (Å²) in [5.41, 5.74) is 0.190. The van der Waals surface area contributed by atoms with Gasteiger partial charge in [0, 0.05) is 21.3 Å². The second-order valence-electron chi connectivity index (χ2n) is 6.10. The number of anilines is 1. The van der Waals surface area contributed by atoms with E-state index in [1.54, 1.807) is 24.3 Å². The van der Waals surface area contributed by atoms with Gasteiger partial charge in [-0.05, 0) is 36.8 Å². The van der Waals surface area contributed by atoms with Gasteiger partial charge in [-0.2, -0.15) is 0 Å². The molecule has 2 N–H and O–H groups in total. The normalized spacial score (nSPS) is 20.4. The van der Waals surface area contributed by atoms with Gasteiger partial charge in [0.1, 0.15) is 0 Å². The Morgan fingerprint density at radius 3 is 2.84 bits per heavy atom. The molecule has 0 saturated carbocycles. The monoisotopic (exact) mass is 403 g/mol. The van der Waals surface area contributed by atoms with Crippen LogP contribution < -0.4 is 14.8 Å². The van der Waals surface area contributed by atoms with E-state index in [0.29, 0.717) is 32.8 Å². The van der Waals surface area contributed by atoms with Crippen molar-refractivity contribution in [3.05, 3.63) is 51.5 Å². The third kappa shape index (κ3) is 2.42. The Balaban J connectivity index is 1.70. The van der Waals surface area contributed by atoms with Gasteiger partial charge in [0.15, 0.2) is 22.9 Å². The summed E-state index contributed by atoms with van der Waals surface area (Å²) in [6.07, 6.45) is -0.368. The molecule has 2 aromatic rings. The Bertz CT molecular complexity index is 926. The van der Waals surface area contributed by atoms with Crippen LogP contribution in [0.25, 0.3) is 0 Å². The van der Waals surface area contributed by atoms with Gasteiger partial charge in [0.05, 0.1) is 6.42 Å². The number of aliphatic hydroxyl groups is 1. The number of Topliss-reactive ketones (excluding diaryl/α,β-unsaturated/α-hetero) is 1. The maximum atomic E-state index is 12.7. The molecule has 25 heavy (non-hydrogen) atoms. The van der Waals surface area contributed by atoms with Crippen LogP contribution in [-0.4, -0.2) is 23.6 Å². The summed E-state index contributed by atoms with van der Waals surface area (Å²) < 4.78 is 11.1. The number of hydrogen-bond acceptors (Lipinski definition) is 5. The minimum atomic E-state index is -1.92. The highest BCUT2D eigenvalue weighted by Crippen LogP contribution is 2.44. The minimum absolute atomic E-state index is 0.110. The van der Waals surface area contributed by atoms with Crippen molar-refractivity contribution in [1.29, 1.82) is 0 Å². The number of amides is 1. The Kier molecular flexibility index (Phi) is 3.59. The van der Waals surface area contributed by atoms with Crippen LogP contribution in [0, 0.1) is 6.92 Å². The Hall–Kier alpha value is -2.38. The van der Waals surface area contributed by atoms with Gasteiger partial charge in [-0.15, -0.1) is 0 Å². The van der Waals surface area contributed by atoms with E-state index in [0.717, 1.165) is 5.56 Å². The van der Waals surface area contributed by atoms with Gasteiger partial charge in [0.2, 0.25) is 6.79 Å². The largest absolute Gasteiger partial charge is 0.454 e. The molecule has 2 aliphatic rings. The molecule has 0 unspecified atom stereocenters. The number of fused-ring (bicyclic) bond motifs is 2. The average Bonchev–Trinajstić information content (AvgIpc) is 3.14. The van der Waals surface area contributed by atoms with Crippen LogP contribution in [0.3, 0.4) is 0 Å². The lowest BCUT2D eigenvalue weighted by Gasteiger charge is -2.22. The quantitative estimate of drug-likeness (QED) is 0.769. The molecule has 4 rings (SSSR count). The average molecular weight is 404 g/mol. The fourth-order valence-electron chi connectivity index (χ4n) is 3.10. The van der Waals surface area contributed by atoms with Crippen molar-refractivity contribution >= 4 is 33.3 Å². The molecule has 6 nitrogen and oxygen atoms in total. The van der Waals surface area contributed by atoms with Gasteiger partial charge in [-0.1, -0.05) is 22.0 Å². The van der Waals surface area contributed by atoms with Crippen LogP contribution in [-0.2, 0) is 10.4 Å². The maximum Gasteiger partial charge on any atom is 0.261 e. The SMILES string of the molecule is Cc1ccc2c(c1Br)[C@](O)(CC(=O)c1ccc3c(c1)OCO3)C(=O)N2. The van der Waals surface area contributed by atoms with Crippen LogP contribution in [0.5, 0.6) is 11.5 Å². The summed E-state index contributed by atoms with van der Waals surface area (Å²) >= 11 is 3.42. The molecular formula is C18H14BrNO5. The van der Waals surface area contributed by atoms with Gasteiger partial charge >= 0.3 is 0 Å². The molecule has 0 aromatic heterocycles. The topological polar surface area (TPSA) is 84.9 Å². The Labute approximate surface area is 151 Å². The number of carbonyl (C=O) groups excluding carboxylic acids is 2. The molecule has 7 heteroatoms. The first-order valence-corrected chi connectivity index (χ1v) is 8.46. The van der Waals surface area contributed by atoms with E-state index in [4.69, 9.17) is 9.47 Å². The van der Waals surface area contributed by atoms with Crippen molar-refractivity contribution in [3.8, 4) is 11.5 Å². The fraction of sp³-hybridized carbons (Fsp3) is 0.222. The first kappa shape index (κ1) is 16.1. The predicted octanol–water partition coefficient (Wildman–Crippen LogP) is 2.90. The Morgan fingerprint density at radius 2 is 2.04 bits per heavy atom. The van der Waals surface area contributed by atoms with Crippen LogP contribution in [0.4, 0.5) is 5.69 Å². The van der Waals surface area contributed by atoms with Crippen molar-refractivity contribution in [2.24, 2.45) is 0 Å². The smallest absolute Gasteiger partial charge is 0.261 e. The van der Waals surface area contributed by atoms with E-state index in [1.165, 1.54) is 0 Å². The van der Waals surface area contributed by atoms with Gasteiger partial charge in [-0.25, -0.2) is 0 Å². The van der Waals surface area contributed by atoms with Crippen LogP contribution in [0.1, 0.15) is 27.9 Å². The number of hydrogen-bond donors (Lipinski definition) is 2. The maximum absolute atomic E-state index is 12.7. The van der Waals surface area contributed by atoms with E-state index in [9.17, 15) is 14.7 Å². The van der Waals surface area contributed by atoms with Gasteiger partial charge < -0.3 is 19.9 Å². The molecule has 0 radical (unpaired) electrons. The number of carbonyl (C=O) groups is 2. The van der Waals surface area contributed by atoms with Gasteiger partial charge in [-0.3, -0.25) is 9.59 Å². The lowest BCUT2D eigenvalue weighted by molar-refractivity contribution is -0.133. The van der Waals surface area contributed by atoms with E-state index in [2.05, 4.69) is 21.2 Å². The third-order valence-electron chi connectivity index (χ3n) is 4.48. The third-order valence-corrected chi connectivity index (χ3v) is 5.51. The molecule has 1 amide bonds. The Morgan fingerprint density at radius 1 is 1.28 bits per heavy atom. The van der Waals surface area contributed by atoms with Crippen molar-refractivity contribution in [2.45, 2.75) is 18.9 Å². The van der Waals surface area contributed by atoms with Crippen molar-refractivity contribution in [1.82, 2.24) is 0 Å². The second-order valence-corrected chi connectivity index (χ2v) is 6.89. The van der Waals surface area contributed by atoms with Crippen LogP contribution >= 0.6 is 15.9 Å². The number of ketones is 1. The van der Waals surface area contributed by atoms with Crippen molar-refractivity contribution < 1.29 is 24.2 Å². The first-order valence-electron chi connectivity index (χ1n) is 7.66. The molecule has 128 valence electrons. The lowest BCUT2D eigenvalue weighted by Crippen LogP contribution is -2.36. The van der Waals surface area contributed by atoms with Crippen LogP contribution in [0.2, 0.25) is 0 Å². The molecule has 0 aliphatic carbocycles. The summed E-state index contributed by atoms with van der Waals surface area (Å²) in [5.74, 6) is 0.0730. The van der Waals surface area contributed by atoms with E-state index in [1.807, 2.05) is 13.0 Å². The van der Waals surface area contributed by atoms with Gasteiger partial charge in [0.25, 0.3) is 5.91 Å². The second kappa shape index (κ2) is 5.57. The number of nitrogens with one attached hydrogen (secondary N) is 1. The molecule has 2 heterocycles. The zero-order chi connectivity index (χ0) is 17.8. The van der Waals surface area contributed by atoms with E-state index in [-0.39, 0.29) is 19.0 Å². The lowest BCUT2D eigenvalue weighted by atomic mass is 9.87. The molecule has 2 aromatic carbocycles. The highest BCUT2D eigenvalue weighted by atomic mass is 79.9. The molecule has 0 spiro atoms. The number of halogens is 1. The molecule has 2 aliphatic heterocycles. The zero-order valence-electron chi connectivity index (χ0n) is 13.3. The molecule has 0 fully saturated rings. The van der Waals surface area contributed by atoms with Crippen molar-refractivity contribution in [3.63, 3.8) is 0 Å². The van der Waals surface area contributed by atoms with Crippen molar-refractivity contribution in [2.75, 3.05) is 12.1 Å². The number of aryl methyl sites for hydroxylation is 1. The fourth-order valence-corrected chi connectivity index (χ4v) is 3.77.